The number of thiocarbonyl (C=S) groups is 1. The van der Waals surface area contributed by atoms with Crippen LogP contribution in [0.25, 0.3) is 0 Å². The molecule has 0 unspecified atom stereocenters. The lowest BCUT2D eigenvalue weighted by Gasteiger charge is -2.08. The van der Waals surface area contributed by atoms with E-state index < -0.39 is 10.0 Å². The van der Waals surface area contributed by atoms with Crippen molar-refractivity contribution < 1.29 is 13.2 Å². The molecular weight excluding hydrogens is 236 g/mol. The Morgan fingerprint density at radius 2 is 2.13 bits per heavy atom. The third-order valence-electron chi connectivity index (χ3n) is 1.50. The molecule has 7 heteroatoms. The van der Waals surface area contributed by atoms with E-state index >= 15 is 0 Å². The molecule has 90 valence electrons. The number of hydrogen-bond acceptors (Lipinski definition) is 4. The van der Waals surface area contributed by atoms with Gasteiger partial charge >= 0.3 is 0 Å². The molecule has 0 rings (SSSR count). The molecule has 0 aliphatic rings. The standard InChI is InChI=1S/C8H18N2O3S2/c1-7(2)13-5-6-15(11,12)10-4-3-8(9)14/h7,10H,3-6H2,1-2H3,(H2,9,14). The predicted molar refractivity (Wildman–Crippen MR) is 64.3 cm³/mol. The van der Waals surface area contributed by atoms with Gasteiger partial charge in [-0.3, -0.25) is 0 Å². The summed E-state index contributed by atoms with van der Waals surface area (Å²) in [6.45, 7) is 4.15. The van der Waals surface area contributed by atoms with E-state index in [1.807, 2.05) is 13.8 Å². The van der Waals surface area contributed by atoms with Crippen molar-refractivity contribution in [2.45, 2.75) is 26.4 Å². The van der Waals surface area contributed by atoms with Crippen LogP contribution in [0.4, 0.5) is 0 Å². The van der Waals surface area contributed by atoms with Gasteiger partial charge in [0.15, 0.2) is 0 Å². The number of nitrogens with two attached hydrogens (primary N) is 1. The topological polar surface area (TPSA) is 81.4 Å². The Morgan fingerprint density at radius 1 is 1.53 bits per heavy atom. The van der Waals surface area contributed by atoms with Crippen LogP contribution in [0, 0.1) is 0 Å². The van der Waals surface area contributed by atoms with Crippen molar-refractivity contribution in [1.29, 1.82) is 0 Å². The van der Waals surface area contributed by atoms with Gasteiger partial charge in [0.25, 0.3) is 0 Å². The van der Waals surface area contributed by atoms with E-state index in [2.05, 4.69) is 16.9 Å². The normalized spacial score (nSPS) is 11.9. The van der Waals surface area contributed by atoms with Crippen molar-refractivity contribution in [3.05, 3.63) is 0 Å². The summed E-state index contributed by atoms with van der Waals surface area (Å²) in [6.07, 6.45) is 0.413. The predicted octanol–water partition coefficient (Wildman–Crippen LogP) is 0.00700. The van der Waals surface area contributed by atoms with Crippen LogP contribution in [0.15, 0.2) is 0 Å². The first kappa shape index (κ1) is 14.8. The molecule has 0 aliphatic carbocycles. The molecule has 0 saturated carbocycles. The highest BCUT2D eigenvalue weighted by Gasteiger charge is 2.09. The fourth-order valence-electron chi connectivity index (χ4n) is 0.795. The van der Waals surface area contributed by atoms with E-state index in [1.165, 1.54) is 0 Å². The van der Waals surface area contributed by atoms with Crippen molar-refractivity contribution in [1.82, 2.24) is 4.72 Å². The smallest absolute Gasteiger partial charge is 0.213 e. The Kier molecular flexibility index (Phi) is 6.99. The number of sulfonamides is 1. The first-order valence-electron chi connectivity index (χ1n) is 4.71. The van der Waals surface area contributed by atoms with Gasteiger partial charge in [-0.1, -0.05) is 12.2 Å². The molecule has 0 aromatic heterocycles. The van der Waals surface area contributed by atoms with E-state index in [9.17, 15) is 8.42 Å². The highest BCUT2D eigenvalue weighted by atomic mass is 32.2. The number of nitrogens with one attached hydrogen (secondary N) is 1. The first-order valence-corrected chi connectivity index (χ1v) is 6.77. The van der Waals surface area contributed by atoms with Gasteiger partial charge in [-0.05, 0) is 13.8 Å². The zero-order valence-electron chi connectivity index (χ0n) is 9.02. The molecule has 0 heterocycles. The maximum atomic E-state index is 11.3. The number of ether oxygens (including phenoxy) is 1. The molecule has 0 saturated heterocycles. The van der Waals surface area contributed by atoms with Gasteiger partial charge in [0.1, 0.15) is 0 Å². The minimum Gasteiger partial charge on any atom is -0.393 e. The maximum Gasteiger partial charge on any atom is 0.213 e. The molecular formula is C8H18N2O3S2. The summed E-state index contributed by atoms with van der Waals surface area (Å²) in [5.41, 5.74) is 5.23. The largest absolute Gasteiger partial charge is 0.393 e. The Hall–Kier alpha value is -0.240. The summed E-state index contributed by atoms with van der Waals surface area (Å²) in [7, 11) is -3.26. The highest BCUT2D eigenvalue weighted by molar-refractivity contribution is 7.89. The van der Waals surface area contributed by atoms with Crippen molar-refractivity contribution >= 4 is 27.2 Å². The van der Waals surface area contributed by atoms with Gasteiger partial charge in [-0.15, -0.1) is 0 Å². The molecule has 15 heavy (non-hydrogen) atoms. The third-order valence-corrected chi connectivity index (χ3v) is 3.05. The molecule has 0 aromatic carbocycles. The summed E-state index contributed by atoms with van der Waals surface area (Å²) in [6, 6.07) is 0. The van der Waals surface area contributed by atoms with E-state index in [1.54, 1.807) is 0 Å². The molecule has 0 bridgehead atoms. The second-order valence-electron chi connectivity index (χ2n) is 3.35. The summed E-state index contributed by atoms with van der Waals surface area (Å²) in [5.74, 6) is -0.0392. The van der Waals surface area contributed by atoms with Crippen LogP contribution in [0.5, 0.6) is 0 Å². The SMILES string of the molecule is CC(C)OCCS(=O)(=O)NCCC(N)=S. The zero-order chi connectivity index (χ0) is 11.9. The quantitative estimate of drug-likeness (QED) is 0.596. The first-order chi connectivity index (χ1) is 6.83. The molecule has 0 atom stereocenters. The van der Waals surface area contributed by atoms with Crippen LogP contribution in [0.2, 0.25) is 0 Å². The lowest BCUT2D eigenvalue weighted by molar-refractivity contribution is 0.0911. The van der Waals surface area contributed by atoms with Crippen LogP contribution < -0.4 is 10.5 Å². The minimum atomic E-state index is -3.26. The lowest BCUT2D eigenvalue weighted by atomic mass is 10.4. The van der Waals surface area contributed by atoms with Crippen molar-refractivity contribution in [2.24, 2.45) is 5.73 Å². The van der Waals surface area contributed by atoms with Crippen LogP contribution in [-0.4, -0.2) is 38.4 Å². The van der Waals surface area contributed by atoms with Crippen LogP contribution >= 0.6 is 12.2 Å². The summed E-state index contributed by atoms with van der Waals surface area (Å²) < 4.78 is 30.2. The van der Waals surface area contributed by atoms with Gasteiger partial charge < -0.3 is 10.5 Å². The molecule has 0 aromatic rings. The molecule has 0 amide bonds. The Morgan fingerprint density at radius 3 is 2.60 bits per heavy atom. The number of rotatable bonds is 8. The molecule has 3 N–H and O–H groups in total. The maximum absolute atomic E-state index is 11.3. The van der Waals surface area contributed by atoms with E-state index in [0.717, 1.165) is 0 Å². The molecule has 0 aliphatic heterocycles. The van der Waals surface area contributed by atoms with Crippen molar-refractivity contribution in [3.63, 3.8) is 0 Å². The fraction of sp³-hybridized carbons (Fsp3) is 0.875. The second kappa shape index (κ2) is 7.10. The average molecular weight is 254 g/mol. The molecule has 0 fully saturated rings. The third kappa shape index (κ3) is 10.1. The van der Waals surface area contributed by atoms with Crippen LogP contribution in [-0.2, 0) is 14.8 Å². The van der Waals surface area contributed by atoms with Crippen LogP contribution in [0.1, 0.15) is 20.3 Å². The van der Waals surface area contributed by atoms with E-state index in [4.69, 9.17) is 10.5 Å². The summed E-state index contributed by atoms with van der Waals surface area (Å²) >= 11 is 4.62. The monoisotopic (exact) mass is 254 g/mol. The summed E-state index contributed by atoms with van der Waals surface area (Å²) in [4.78, 5) is 0.302. The Balaban J connectivity index is 3.73. The van der Waals surface area contributed by atoms with Crippen LogP contribution in [0.3, 0.4) is 0 Å². The van der Waals surface area contributed by atoms with E-state index in [0.29, 0.717) is 11.4 Å². The molecule has 0 radical (unpaired) electrons. The van der Waals surface area contributed by atoms with Gasteiger partial charge in [-0.25, -0.2) is 13.1 Å². The van der Waals surface area contributed by atoms with Gasteiger partial charge in [0.2, 0.25) is 10.0 Å². The Bertz CT molecular complexity index is 288. The van der Waals surface area contributed by atoms with Gasteiger partial charge in [0.05, 0.1) is 23.5 Å². The number of hydrogen-bond donors (Lipinski definition) is 2. The van der Waals surface area contributed by atoms with Gasteiger partial charge in [0, 0.05) is 13.0 Å². The van der Waals surface area contributed by atoms with Gasteiger partial charge in [-0.2, -0.15) is 0 Å². The fourth-order valence-corrected chi connectivity index (χ4v) is 1.77. The second-order valence-corrected chi connectivity index (χ2v) is 5.80. The van der Waals surface area contributed by atoms with Crippen molar-refractivity contribution in [3.8, 4) is 0 Å². The lowest BCUT2D eigenvalue weighted by Crippen LogP contribution is -2.31. The molecule has 0 spiro atoms. The minimum absolute atomic E-state index is 0.0387. The highest BCUT2D eigenvalue weighted by Crippen LogP contribution is 1.91. The average Bonchev–Trinajstić information content (AvgIpc) is 2.01. The van der Waals surface area contributed by atoms with Crippen molar-refractivity contribution in [2.75, 3.05) is 18.9 Å². The van der Waals surface area contributed by atoms with E-state index in [-0.39, 0.29) is 25.0 Å². The Labute approximate surface area is 96.4 Å². The molecule has 5 nitrogen and oxygen atoms in total. The zero-order valence-corrected chi connectivity index (χ0v) is 10.7. The summed E-state index contributed by atoms with van der Waals surface area (Å²) in [5, 5.41) is 0.